The minimum absolute atomic E-state index is 0.0000197. The number of rotatable bonds is 13. The highest BCUT2D eigenvalue weighted by Gasteiger charge is 2.30. The van der Waals surface area contributed by atoms with E-state index in [1.54, 1.807) is 31.3 Å². The van der Waals surface area contributed by atoms with Crippen molar-refractivity contribution < 1.29 is 19.1 Å². The van der Waals surface area contributed by atoms with Crippen molar-refractivity contribution in [1.29, 1.82) is 0 Å². The monoisotopic (exact) mass is 536 g/mol. The number of methoxy groups -OCH3 is 2. The second-order valence-corrected chi connectivity index (χ2v) is 9.80. The van der Waals surface area contributed by atoms with E-state index in [0.717, 1.165) is 23.1 Å². The molecule has 0 saturated heterocycles. The zero-order valence-electron chi connectivity index (χ0n) is 22.6. The van der Waals surface area contributed by atoms with Gasteiger partial charge in [0.15, 0.2) is 11.5 Å². The van der Waals surface area contributed by atoms with Gasteiger partial charge in [-0.3, -0.25) is 9.59 Å². The lowest BCUT2D eigenvalue weighted by atomic mass is 10.0. The van der Waals surface area contributed by atoms with Crippen LogP contribution in [0.5, 0.6) is 11.5 Å². The molecule has 202 valence electrons. The van der Waals surface area contributed by atoms with E-state index in [0.29, 0.717) is 35.9 Å². The Bertz CT molecular complexity index is 1180. The number of carbonyl (C=O) groups is 2. The molecule has 0 aliphatic rings. The summed E-state index contributed by atoms with van der Waals surface area (Å²) in [6.45, 7) is 4.30. The zero-order valence-corrected chi connectivity index (χ0v) is 23.3. The Morgan fingerprint density at radius 2 is 1.55 bits per heavy atom. The third-order valence-electron chi connectivity index (χ3n) is 6.61. The zero-order chi connectivity index (χ0) is 27.5. The van der Waals surface area contributed by atoms with Crippen molar-refractivity contribution in [2.45, 2.75) is 58.2 Å². The summed E-state index contributed by atoms with van der Waals surface area (Å²) >= 11 is 6.10. The van der Waals surface area contributed by atoms with Crippen molar-refractivity contribution >= 4 is 23.4 Å². The van der Waals surface area contributed by atoms with Gasteiger partial charge in [0.1, 0.15) is 6.04 Å². The van der Waals surface area contributed by atoms with Gasteiger partial charge in [-0.1, -0.05) is 67.1 Å². The molecule has 3 aromatic rings. The van der Waals surface area contributed by atoms with Gasteiger partial charge in [-0.25, -0.2) is 0 Å². The summed E-state index contributed by atoms with van der Waals surface area (Å²) in [6, 6.07) is 22.2. The van der Waals surface area contributed by atoms with E-state index in [1.807, 2.05) is 74.5 Å². The lowest BCUT2D eigenvalue weighted by molar-refractivity contribution is -0.141. The first-order valence-corrected chi connectivity index (χ1v) is 13.3. The van der Waals surface area contributed by atoms with Crippen molar-refractivity contribution in [3.05, 3.63) is 94.5 Å². The van der Waals surface area contributed by atoms with Gasteiger partial charge < -0.3 is 19.7 Å². The minimum atomic E-state index is -0.667. The van der Waals surface area contributed by atoms with Crippen molar-refractivity contribution in [3.8, 4) is 11.5 Å². The van der Waals surface area contributed by atoms with Crippen molar-refractivity contribution in [2.75, 3.05) is 14.2 Å². The van der Waals surface area contributed by atoms with Gasteiger partial charge in [-0.05, 0) is 60.7 Å². The molecule has 0 radical (unpaired) electrons. The number of aryl methyl sites for hydroxylation is 1. The number of hydrogen-bond donors (Lipinski definition) is 1. The van der Waals surface area contributed by atoms with E-state index in [-0.39, 0.29) is 24.3 Å². The smallest absolute Gasteiger partial charge is 0.243 e. The topological polar surface area (TPSA) is 67.9 Å². The number of carbonyl (C=O) groups excluding carboxylic acids is 2. The second-order valence-electron chi connectivity index (χ2n) is 9.36. The standard InChI is InChI=1S/C31H37ClN2O4/c1-5-22(2)33-31(36)27(19-23-9-7-6-8-10-23)34(21-25-11-15-26(32)16-12-25)30(35)18-14-24-13-17-28(37-3)29(20-24)38-4/h6-13,15-17,20,22,27H,5,14,18-19,21H2,1-4H3,(H,33,36)/t22-,27-/m1/s1. The molecule has 6 nitrogen and oxygen atoms in total. The van der Waals surface area contributed by atoms with Gasteiger partial charge in [0, 0.05) is 30.5 Å². The van der Waals surface area contributed by atoms with Crippen LogP contribution in [0.3, 0.4) is 0 Å². The number of nitrogens with one attached hydrogen (secondary N) is 1. The van der Waals surface area contributed by atoms with Crippen molar-refractivity contribution in [2.24, 2.45) is 0 Å². The average Bonchev–Trinajstić information content (AvgIpc) is 2.94. The lowest BCUT2D eigenvalue weighted by Crippen LogP contribution is -2.52. The first-order valence-electron chi connectivity index (χ1n) is 12.9. The summed E-state index contributed by atoms with van der Waals surface area (Å²) in [5.41, 5.74) is 2.85. The summed E-state index contributed by atoms with van der Waals surface area (Å²) in [5.74, 6) is 0.994. The highest BCUT2D eigenvalue weighted by Crippen LogP contribution is 2.28. The molecule has 2 amide bonds. The fraction of sp³-hybridized carbons (Fsp3) is 0.355. The molecule has 0 aliphatic carbocycles. The maximum atomic E-state index is 13.8. The average molecular weight is 537 g/mol. The molecule has 0 aromatic heterocycles. The molecule has 0 fully saturated rings. The SMILES string of the molecule is CC[C@@H](C)NC(=O)[C@@H](Cc1ccccc1)N(Cc1ccc(Cl)cc1)C(=O)CCc1ccc(OC)c(OC)c1. The number of ether oxygens (including phenoxy) is 2. The van der Waals surface area contributed by atoms with E-state index in [4.69, 9.17) is 21.1 Å². The van der Waals surface area contributed by atoms with Gasteiger partial charge >= 0.3 is 0 Å². The second kappa shape index (κ2) is 14.4. The van der Waals surface area contributed by atoms with Crippen LogP contribution < -0.4 is 14.8 Å². The first-order chi connectivity index (χ1) is 18.3. The summed E-state index contributed by atoms with van der Waals surface area (Å²) in [5, 5.41) is 3.72. The number of nitrogens with zero attached hydrogens (tertiary/aromatic N) is 1. The lowest BCUT2D eigenvalue weighted by Gasteiger charge is -2.32. The van der Waals surface area contributed by atoms with E-state index in [2.05, 4.69) is 5.32 Å². The molecule has 3 rings (SSSR count). The van der Waals surface area contributed by atoms with E-state index in [1.165, 1.54) is 0 Å². The minimum Gasteiger partial charge on any atom is -0.493 e. The molecular formula is C31H37ClN2O4. The summed E-state index contributed by atoms with van der Waals surface area (Å²) in [6.07, 6.45) is 1.96. The molecule has 0 saturated carbocycles. The quantitative estimate of drug-likeness (QED) is 0.298. The van der Waals surface area contributed by atoms with Gasteiger partial charge in [0.05, 0.1) is 14.2 Å². The van der Waals surface area contributed by atoms with Crippen LogP contribution in [-0.4, -0.2) is 43.0 Å². The third-order valence-corrected chi connectivity index (χ3v) is 6.87. The maximum absolute atomic E-state index is 13.8. The number of benzene rings is 3. The fourth-order valence-corrected chi connectivity index (χ4v) is 4.34. The van der Waals surface area contributed by atoms with Crippen LogP contribution in [0.2, 0.25) is 5.02 Å². The molecule has 0 aliphatic heterocycles. The molecule has 0 spiro atoms. The summed E-state index contributed by atoms with van der Waals surface area (Å²) in [7, 11) is 3.18. The van der Waals surface area contributed by atoms with Crippen LogP contribution in [0.15, 0.2) is 72.8 Å². The van der Waals surface area contributed by atoms with E-state index in [9.17, 15) is 9.59 Å². The summed E-state index contributed by atoms with van der Waals surface area (Å²) in [4.78, 5) is 29.1. The van der Waals surface area contributed by atoms with Crippen LogP contribution in [-0.2, 0) is 29.0 Å². The molecule has 2 atom stereocenters. The van der Waals surface area contributed by atoms with Crippen LogP contribution in [0.25, 0.3) is 0 Å². The molecule has 0 heterocycles. The van der Waals surface area contributed by atoms with Crippen LogP contribution in [0, 0.1) is 0 Å². The third kappa shape index (κ3) is 8.25. The highest BCUT2D eigenvalue weighted by atomic mass is 35.5. The number of amides is 2. The van der Waals surface area contributed by atoms with Gasteiger partial charge in [0.25, 0.3) is 0 Å². The first kappa shape index (κ1) is 29.1. The van der Waals surface area contributed by atoms with E-state index >= 15 is 0 Å². The molecular weight excluding hydrogens is 500 g/mol. The van der Waals surface area contributed by atoms with Crippen LogP contribution in [0.4, 0.5) is 0 Å². The normalized spacial score (nSPS) is 12.3. The Hall–Kier alpha value is -3.51. The maximum Gasteiger partial charge on any atom is 0.243 e. The molecule has 0 bridgehead atoms. The summed E-state index contributed by atoms with van der Waals surface area (Å²) < 4.78 is 10.8. The highest BCUT2D eigenvalue weighted by molar-refractivity contribution is 6.30. The Morgan fingerprint density at radius 1 is 0.895 bits per heavy atom. The Balaban J connectivity index is 1.90. The van der Waals surface area contributed by atoms with Gasteiger partial charge in [-0.2, -0.15) is 0 Å². The molecule has 3 aromatic carbocycles. The Morgan fingerprint density at radius 3 is 2.18 bits per heavy atom. The molecule has 7 heteroatoms. The number of halogens is 1. The van der Waals surface area contributed by atoms with E-state index < -0.39 is 6.04 Å². The molecule has 1 N–H and O–H groups in total. The van der Waals surface area contributed by atoms with Crippen molar-refractivity contribution in [3.63, 3.8) is 0 Å². The van der Waals surface area contributed by atoms with Crippen LogP contribution in [0.1, 0.15) is 43.4 Å². The predicted molar refractivity (Wildman–Crippen MR) is 152 cm³/mol. The largest absolute Gasteiger partial charge is 0.493 e. The van der Waals surface area contributed by atoms with Gasteiger partial charge in [-0.15, -0.1) is 0 Å². The predicted octanol–water partition coefficient (Wildman–Crippen LogP) is 5.84. The Kier molecular flexibility index (Phi) is 11.0. The molecule has 38 heavy (non-hydrogen) atoms. The Labute approximate surface area is 230 Å². The van der Waals surface area contributed by atoms with Gasteiger partial charge in [0.2, 0.25) is 11.8 Å². The van der Waals surface area contributed by atoms with Crippen molar-refractivity contribution in [1.82, 2.24) is 10.2 Å². The molecule has 0 unspecified atom stereocenters. The van der Waals surface area contributed by atoms with Crippen LogP contribution >= 0.6 is 11.6 Å². The fourth-order valence-electron chi connectivity index (χ4n) is 4.21. The number of hydrogen-bond acceptors (Lipinski definition) is 4.